The van der Waals surface area contributed by atoms with E-state index in [4.69, 9.17) is 0 Å². The van der Waals surface area contributed by atoms with Crippen molar-refractivity contribution in [3.8, 4) is 0 Å². The molecule has 0 bridgehead atoms. The Bertz CT molecular complexity index is 712. The molecule has 1 amide bonds. The first-order chi connectivity index (χ1) is 10.2. The summed E-state index contributed by atoms with van der Waals surface area (Å²) < 4.78 is 3.24. The van der Waals surface area contributed by atoms with Gasteiger partial charge in [-0.15, -0.1) is 0 Å². The number of aryl methyl sites for hydroxylation is 1. The van der Waals surface area contributed by atoms with Crippen molar-refractivity contribution in [3.05, 3.63) is 34.7 Å². The smallest absolute Gasteiger partial charge is 0.329 e. The van der Waals surface area contributed by atoms with Gasteiger partial charge in [0.2, 0.25) is 5.91 Å². The molecule has 0 aliphatic carbocycles. The van der Waals surface area contributed by atoms with Gasteiger partial charge in [-0.3, -0.25) is 13.9 Å². The quantitative estimate of drug-likeness (QED) is 0.823. The summed E-state index contributed by atoms with van der Waals surface area (Å²) in [6.07, 6.45) is 0. The second kappa shape index (κ2) is 5.73. The number of para-hydroxylation sites is 2. The highest BCUT2D eigenvalue weighted by atomic mass is 16.2. The van der Waals surface area contributed by atoms with Crippen LogP contribution in [0.5, 0.6) is 0 Å². The number of hydrogen-bond acceptors (Lipinski definition) is 3. The molecule has 6 nitrogen and oxygen atoms in total. The van der Waals surface area contributed by atoms with Crippen molar-refractivity contribution in [1.29, 1.82) is 0 Å². The van der Waals surface area contributed by atoms with Gasteiger partial charge in [-0.05, 0) is 19.1 Å². The zero-order valence-electron chi connectivity index (χ0n) is 12.1. The normalized spacial score (nSPS) is 15.1. The summed E-state index contributed by atoms with van der Waals surface area (Å²) >= 11 is 0. The van der Waals surface area contributed by atoms with Crippen LogP contribution in [0.4, 0.5) is 0 Å². The van der Waals surface area contributed by atoms with Crippen LogP contribution in [-0.4, -0.2) is 34.7 Å². The number of nitrogens with zero attached hydrogens (tertiary/aromatic N) is 2. The van der Waals surface area contributed by atoms with Crippen molar-refractivity contribution in [2.24, 2.45) is 5.92 Å². The summed E-state index contributed by atoms with van der Waals surface area (Å²) in [5.41, 5.74) is 1.56. The van der Waals surface area contributed by atoms with E-state index in [1.807, 2.05) is 31.2 Å². The van der Waals surface area contributed by atoms with E-state index in [-0.39, 0.29) is 18.1 Å². The van der Waals surface area contributed by atoms with E-state index in [0.29, 0.717) is 19.0 Å². The average Bonchev–Trinajstić information content (AvgIpc) is 2.70. The Morgan fingerprint density at radius 1 is 1.29 bits per heavy atom. The Kier molecular flexibility index (Phi) is 3.79. The largest absolute Gasteiger partial charge is 0.354 e. The van der Waals surface area contributed by atoms with Gasteiger partial charge in [0, 0.05) is 32.1 Å². The fourth-order valence-electron chi connectivity index (χ4n) is 2.68. The van der Waals surface area contributed by atoms with Crippen LogP contribution in [0.1, 0.15) is 6.92 Å². The Morgan fingerprint density at radius 3 is 2.52 bits per heavy atom. The number of imidazole rings is 1. The molecule has 0 unspecified atom stereocenters. The van der Waals surface area contributed by atoms with Crippen molar-refractivity contribution in [2.75, 3.05) is 19.6 Å². The molecule has 2 heterocycles. The minimum Gasteiger partial charge on any atom is -0.354 e. The number of hydrogen-bond donors (Lipinski definition) is 2. The lowest BCUT2D eigenvalue weighted by Crippen LogP contribution is -2.48. The summed E-state index contributed by atoms with van der Waals surface area (Å²) in [5.74, 6) is 0.408. The van der Waals surface area contributed by atoms with Gasteiger partial charge in [0.15, 0.2) is 0 Å². The van der Waals surface area contributed by atoms with Crippen molar-refractivity contribution < 1.29 is 4.79 Å². The number of fused-ring (bicyclic) bond motifs is 1. The second-order valence-corrected chi connectivity index (χ2v) is 5.43. The fraction of sp³-hybridized carbons (Fsp3) is 0.467. The zero-order valence-corrected chi connectivity index (χ0v) is 12.1. The maximum absolute atomic E-state index is 12.4. The summed E-state index contributed by atoms with van der Waals surface area (Å²) in [6.45, 7) is 5.19. The molecule has 0 saturated carbocycles. The van der Waals surface area contributed by atoms with Gasteiger partial charge in [-0.2, -0.15) is 0 Å². The predicted molar refractivity (Wildman–Crippen MR) is 81.2 cm³/mol. The number of nitrogens with one attached hydrogen (secondary N) is 2. The second-order valence-electron chi connectivity index (χ2n) is 5.43. The molecule has 3 rings (SSSR count). The molecule has 0 radical (unpaired) electrons. The van der Waals surface area contributed by atoms with Crippen molar-refractivity contribution >= 4 is 16.9 Å². The lowest BCUT2D eigenvalue weighted by atomic mass is 10.0. The molecule has 112 valence electrons. The summed E-state index contributed by atoms with van der Waals surface area (Å²) in [6, 6.07) is 7.58. The first-order valence-corrected chi connectivity index (χ1v) is 7.36. The fourth-order valence-corrected chi connectivity index (χ4v) is 2.68. The first-order valence-electron chi connectivity index (χ1n) is 7.36. The van der Waals surface area contributed by atoms with Crippen molar-refractivity contribution in [1.82, 2.24) is 19.8 Å². The van der Waals surface area contributed by atoms with E-state index in [2.05, 4.69) is 10.6 Å². The SMILES string of the molecule is CCn1c(=O)n(CC(=O)NCC2CNC2)c2ccccc21. The Morgan fingerprint density at radius 2 is 1.95 bits per heavy atom. The molecule has 21 heavy (non-hydrogen) atoms. The number of amides is 1. The maximum atomic E-state index is 12.4. The highest BCUT2D eigenvalue weighted by molar-refractivity contribution is 5.80. The molecule has 1 aromatic heterocycles. The summed E-state index contributed by atoms with van der Waals surface area (Å²) in [7, 11) is 0. The first kappa shape index (κ1) is 13.9. The van der Waals surface area contributed by atoms with E-state index in [1.54, 1.807) is 9.13 Å². The molecule has 0 atom stereocenters. The lowest BCUT2D eigenvalue weighted by molar-refractivity contribution is -0.121. The summed E-state index contributed by atoms with van der Waals surface area (Å²) in [5, 5.41) is 6.07. The third-order valence-electron chi connectivity index (χ3n) is 4.00. The van der Waals surface area contributed by atoms with E-state index in [9.17, 15) is 9.59 Å². The van der Waals surface area contributed by atoms with Gasteiger partial charge in [0.1, 0.15) is 6.54 Å². The predicted octanol–water partition coefficient (Wildman–Crippen LogP) is 0.159. The molecular weight excluding hydrogens is 268 g/mol. The molecule has 1 aromatic carbocycles. The zero-order chi connectivity index (χ0) is 14.8. The highest BCUT2D eigenvalue weighted by Gasteiger charge is 2.18. The van der Waals surface area contributed by atoms with Gasteiger partial charge < -0.3 is 10.6 Å². The monoisotopic (exact) mass is 288 g/mol. The number of carbonyl (C=O) groups excluding carboxylic acids is 1. The van der Waals surface area contributed by atoms with Crippen molar-refractivity contribution in [2.45, 2.75) is 20.0 Å². The lowest BCUT2D eigenvalue weighted by Gasteiger charge is -2.27. The van der Waals surface area contributed by atoms with Gasteiger partial charge in [-0.25, -0.2) is 4.79 Å². The minimum atomic E-state index is -0.126. The molecule has 1 aliphatic heterocycles. The highest BCUT2D eigenvalue weighted by Crippen LogP contribution is 2.12. The van der Waals surface area contributed by atoms with Crippen LogP contribution in [0.25, 0.3) is 11.0 Å². The number of aromatic nitrogens is 2. The molecular formula is C15H20N4O2. The van der Waals surface area contributed by atoms with E-state index in [0.717, 1.165) is 24.1 Å². The molecule has 1 fully saturated rings. The average molecular weight is 288 g/mol. The van der Waals surface area contributed by atoms with E-state index >= 15 is 0 Å². The topological polar surface area (TPSA) is 68.1 Å². The molecule has 1 saturated heterocycles. The molecule has 2 aromatic rings. The molecule has 2 N–H and O–H groups in total. The Hall–Kier alpha value is -2.08. The van der Waals surface area contributed by atoms with Gasteiger partial charge in [-0.1, -0.05) is 12.1 Å². The van der Waals surface area contributed by atoms with E-state index < -0.39 is 0 Å². The van der Waals surface area contributed by atoms with Crippen LogP contribution in [0.15, 0.2) is 29.1 Å². The number of rotatable bonds is 5. The molecule has 0 spiro atoms. The minimum absolute atomic E-state index is 0.0759. The van der Waals surface area contributed by atoms with Crippen LogP contribution >= 0.6 is 0 Å². The maximum Gasteiger partial charge on any atom is 0.329 e. The Labute approximate surface area is 122 Å². The number of benzene rings is 1. The van der Waals surface area contributed by atoms with Gasteiger partial charge in [0.05, 0.1) is 11.0 Å². The Balaban J connectivity index is 1.81. The molecule has 1 aliphatic rings. The van der Waals surface area contributed by atoms with Crippen LogP contribution in [0.3, 0.4) is 0 Å². The van der Waals surface area contributed by atoms with Crippen molar-refractivity contribution in [3.63, 3.8) is 0 Å². The van der Waals surface area contributed by atoms with Crippen LogP contribution in [-0.2, 0) is 17.9 Å². The van der Waals surface area contributed by atoms with Crippen LogP contribution in [0, 0.1) is 5.92 Å². The standard InChI is InChI=1S/C15H20N4O2/c1-2-18-12-5-3-4-6-13(12)19(15(18)21)10-14(20)17-9-11-7-16-8-11/h3-6,11,16H,2,7-10H2,1H3,(H,17,20). The summed E-state index contributed by atoms with van der Waals surface area (Å²) in [4.78, 5) is 24.4. The van der Waals surface area contributed by atoms with Crippen LogP contribution < -0.4 is 16.3 Å². The van der Waals surface area contributed by atoms with Gasteiger partial charge in [0.25, 0.3) is 0 Å². The van der Waals surface area contributed by atoms with Crippen LogP contribution in [0.2, 0.25) is 0 Å². The third kappa shape index (κ3) is 2.58. The molecule has 6 heteroatoms. The van der Waals surface area contributed by atoms with E-state index in [1.165, 1.54) is 0 Å². The third-order valence-corrected chi connectivity index (χ3v) is 4.00. The number of carbonyl (C=O) groups is 1. The van der Waals surface area contributed by atoms with Gasteiger partial charge >= 0.3 is 5.69 Å².